The molecule has 1 aromatic carbocycles. The molecule has 16 heteroatoms. The number of aromatic nitrogens is 2. The van der Waals surface area contributed by atoms with E-state index in [2.05, 4.69) is 15.1 Å². The number of aliphatic hydroxyl groups excluding tert-OH is 1. The molecule has 0 aliphatic carbocycles. The molecule has 1 aliphatic rings. The molecule has 1 aromatic heterocycles. The Morgan fingerprint density at radius 2 is 2.00 bits per heavy atom. The maximum absolute atomic E-state index is 13.6. The van der Waals surface area contributed by atoms with E-state index in [9.17, 15) is 24.1 Å². The summed E-state index contributed by atoms with van der Waals surface area (Å²) in [6.45, 7) is 4.16. The second-order valence-corrected chi connectivity index (χ2v) is 10.00. The lowest BCUT2D eigenvalue weighted by Gasteiger charge is -2.25. The lowest BCUT2D eigenvalue weighted by atomic mass is 10.1. The summed E-state index contributed by atoms with van der Waals surface area (Å²) in [6, 6.07) is 6.69. The summed E-state index contributed by atoms with van der Waals surface area (Å²) in [5.41, 5.74) is 7.43. The number of carbonyl (C=O) groups excluding carboxylic acids is 1. The quantitative estimate of drug-likeness (QED) is 0.124. The molecule has 3 N–H and O–H groups in total. The number of H-pyrrole nitrogens is 1. The molecule has 1 aliphatic heterocycles. The van der Waals surface area contributed by atoms with Crippen LogP contribution in [-0.4, -0.2) is 57.6 Å². The molecule has 0 spiro atoms. The number of hydrogen-bond donors (Lipinski definition) is 3. The van der Waals surface area contributed by atoms with Crippen molar-refractivity contribution in [1.82, 2.24) is 14.6 Å². The molecule has 2 heterocycles. The van der Waals surface area contributed by atoms with E-state index in [-0.39, 0.29) is 5.75 Å². The summed E-state index contributed by atoms with van der Waals surface area (Å²) in [5, 5.41) is 16.7. The van der Waals surface area contributed by atoms with Gasteiger partial charge in [-0.3, -0.25) is 23.7 Å². The zero-order chi connectivity index (χ0) is 27.2. The summed E-state index contributed by atoms with van der Waals surface area (Å²) in [6.07, 6.45) is -3.33. The highest BCUT2D eigenvalue weighted by Gasteiger charge is 2.46. The topological polar surface area (TPSA) is 207 Å². The van der Waals surface area contributed by atoms with Gasteiger partial charge < -0.3 is 19.1 Å². The lowest BCUT2D eigenvalue weighted by molar-refractivity contribution is -0.149. The molecule has 37 heavy (non-hydrogen) atoms. The van der Waals surface area contributed by atoms with Crippen LogP contribution in [-0.2, 0) is 23.4 Å². The van der Waals surface area contributed by atoms with Gasteiger partial charge in [0.2, 0.25) is 0 Å². The Labute approximate surface area is 210 Å². The number of esters is 1. The van der Waals surface area contributed by atoms with Gasteiger partial charge in [0.1, 0.15) is 30.2 Å². The smallest absolute Gasteiger partial charge is 0.459 e. The zero-order valence-corrected chi connectivity index (χ0v) is 21.1. The van der Waals surface area contributed by atoms with E-state index in [1.54, 1.807) is 32.0 Å². The number of hydrogen-bond acceptors (Lipinski definition) is 10. The third-order valence-corrected chi connectivity index (χ3v) is 6.73. The van der Waals surface area contributed by atoms with Gasteiger partial charge in [0.05, 0.1) is 18.8 Å². The second-order valence-electron chi connectivity index (χ2n) is 8.30. The van der Waals surface area contributed by atoms with Crippen LogP contribution in [0.4, 0.5) is 0 Å². The van der Waals surface area contributed by atoms with Crippen molar-refractivity contribution in [3.63, 3.8) is 0 Å². The molecule has 2 aromatic rings. The number of nitrogens with one attached hydrogen (secondary N) is 2. The highest BCUT2D eigenvalue weighted by molar-refractivity contribution is 7.52. The van der Waals surface area contributed by atoms with Gasteiger partial charge in [0.25, 0.3) is 5.56 Å². The second kappa shape index (κ2) is 12.2. The molecular formula is C21H27N6O9P. The Balaban J connectivity index is 1.82. The largest absolute Gasteiger partial charge is 0.462 e. The molecule has 200 valence electrons. The van der Waals surface area contributed by atoms with Gasteiger partial charge in [0.15, 0.2) is 0 Å². The fraction of sp³-hybridized carbons (Fsp3) is 0.476. The minimum absolute atomic E-state index is 0.167. The maximum atomic E-state index is 13.6. The molecule has 0 radical (unpaired) electrons. The Morgan fingerprint density at radius 3 is 2.62 bits per heavy atom. The maximum Gasteiger partial charge on any atom is 0.459 e. The predicted molar refractivity (Wildman–Crippen MR) is 129 cm³/mol. The van der Waals surface area contributed by atoms with Crippen molar-refractivity contribution in [2.75, 3.05) is 6.61 Å². The first kappa shape index (κ1) is 28.1. The van der Waals surface area contributed by atoms with Crippen molar-refractivity contribution >= 4 is 13.7 Å². The molecule has 1 saturated heterocycles. The van der Waals surface area contributed by atoms with Gasteiger partial charge in [-0.25, -0.2) is 9.36 Å². The SMILES string of the molecule is CC(C)OC(=O)[C@H](C)NP(=O)(OC[C@H]1O[C@@H](n2ccc(=O)[nH]c2=O)[C@H](N=[N+]=[N-])[C@@H]1O)Oc1ccccc1. The first-order valence-corrected chi connectivity index (χ1v) is 12.7. The summed E-state index contributed by atoms with van der Waals surface area (Å²) in [5.74, 6) is -0.533. The normalized spacial score (nSPS) is 23.6. The van der Waals surface area contributed by atoms with Gasteiger partial charge in [0, 0.05) is 17.2 Å². The van der Waals surface area contributed by atoms with E-state index in [1.807, 2.05) is 4.98 Å². The van der Waals surface area contributed by atoms with E-state index in [0.717, 1.165) is 16.8 Å². The Bertz CT molecular complexity index is 1290. The Hall–Kier alpha value is -3.45. The fourth-order valence-corrected chi connectivity index (χ4v) is 4.92. The standard InChI is InChI=1S/C21H27N6O9P/c1-12(2)34-20(30)13(3)25-37(32,36-14-7-5-4-6-8-14)33-11-15-18(29)17(24-26-22)19(35-15)27-10-9-16(28)23-21(27)31/h4-10,12-13,15,17-19,29H,11H2,1-3H3,(H,25,32)(H,23,28,31)/t13-,15+,17+,18+,19+,37?/m0/s1. The van der Waals surface area contributed by atoms with Crippen LogP contribution in [0.1, 0.15) is 27.0 Å². The molecule has 15 nitrogen and oxygen atoms in total. The van der Waals surface area contributed by atoms with Crippen LogP contribution in [0.3, 0.4) is 0 Å². The Kier molecular flexibility index (Phi) is 9.27. The molecule has 0 saturated carbocycles. The van der Waals surface area contributed by atoms with Crippen LogP contribution < -0.4 is 20.9 Å². The summed E-state index contributed by atoms with van der Waals surface area (Å²) in [7, 11) is -4.28. The number of carbonyl (C=O) groups is 1. The summed E-state index contributed by atoms with van der Waals surface area (Å²) >= 11 is 0. The van der Waals surface area contributed by atoms with Crippen molar-refractivity contribution in [1.29, 1.82) is 0 Å². The van der Waals surface area contributed by atoms with Crippen LogP contribution >= 0.6 is 7.75 Å². The number of aliphatic hydroxyl groups is 1. The van der Waals surface area contributed by atoms with Gasteiger partial charge >= 0.3 is 19.4 Å². The average molecular weight is 538 g/mol. The summed E-state index contributed by atoms with van der Waals surface area (Å²) in [4.78, 5) is 40.6. The molecule has 0 bridgehead atoms. The van der Waals surface area contributed by atoms with E-state index < -0.39 is 68.2 Å². The van der Waals surface area contributed by atoms with E-state index >= 15 is 0 Å². The first-order chi connectivity index (χ1) is 17.5. The van der Waals surface area contributed by atoms with Crippen LogP contribution in [0.2, 0.25) is 0 Å². The van der Waals surface area contributed by atoms with E-state index in [0.29, 0.717) is 0 Å². The number of rotatable bonds is 11. The van der Waals surface area contributed by atoms with E-state index in [1.165, 1.54) is 19.1 Å². The number of azide groups is 1. The van der Waals surface area contributed by atoms with Crippen LogP contribution in [0.5, 0.6) is 5.75 Å². The highest BCUT2D eigenvalue weighted by Crippen LogP contribution is 2.46. The molecule has 0 amide bonds. The highest BCUT2D eigenvalue weighted by atomic mass is 31.2. The summed E-state index contributed by atoms with van der Waals surface area (Å²) < 4.78 is 36.4. The van der Waals surface area contributed by atoms with Crippen molar-refractivity contribution in [3.05, 3.63) is 73.9 Å². The average Bonchev–Trinajstić information content (AvgIpc) is 3.13. The molecule has 1 fully saturated rings. The Morgan fingerprint density at radius 1 is 1.30 bits per heavy atom. The zero-order valence-electron chi connectivity index (χ0n) is 20.2. The van der Waals surface area contributed by atoms with Crippen molar-refractivity contribution < 1.29 is 33.0 Å². The van der Waals surface area contributed by atoms with Gasteiger partial charge in [-0.15, -0.1) is 0 Å². The molecule has 6 atom stereocenters. The number of para-hydroxylation sites is 1. The monoisotopic (exact) mass is 538 g/mol. The molecule has 1 unspecified atom stereocenters. The van der Waals surface area contributed by atoms with Gasteiger partial charge in [-0.1, -0.05) is 23.3 Å². The predicted octanol–water partition coefficient (Wildman–Crippen LogP) is 1.61. The number of ether oxygens (including phenoxy) is 2. The lowest BCUT2D eigenvalue weighted by Crippen LogP contribution is -2.38. The minimum Gasteiger partial charge on any atom is -0.462 e. The minimum atomic E-state index is -4.28. The van der Waals surface area contributed by atoms with Crippen LogP contribution in [0, 0.1) is 0 Å². The first-order valence-electron chi connectivity index (χ1n) is 11.2. The van der Waals surface area contributed by atoms with E-state index in [4.69, 9.17) is 24.1 Å². The van der Waals surface area contributed by atoms with Crippen molar-refractivity contribution in [3.8, 4) is 5.75 Å². The third-order valence-electron chi connectivity index (χ3n) is 5.08. The molecule has 3 rings (SSSR count). The van der Waals surface area contributed by atoms with Gasteiger partial charge in [-0.2, -0.15) is 5.09 Å². The van der Waals surface area contributed by atoms with Crippen LogP contribution in [0.25, 0.3) is 10.4 Å². The number of nitrogens with zero attached hydrogens (tertiary/aromatic N) is 4. The van der Waals surface area contributed by atoms with Gasteiger partial charge in [-0.05, 0) is 38.4 Å². The number of aromatic amines is 1. The van der Waals surface area contributed by atoms with Crippen molar-refractivity contribution in [2.45, 2.75) is 57.4 Å². The van der Waals surface area contributed by atoms with Crippen LogP contribution in [0.15, 0.2) is 57.3 Å². The van der Waals surface area contributed by atoms with Crippen molar-refractivity contribution in [2.24, 2.45) is 5.11 Å². The fourth-order valence-electron chi connectivity index (χ4n) is 3.42. The number of benzene rings is 1. The molecular weight excluding hydrogens is 511 g/mol. The third kappa shape index (κ3) is 7.29.